The average Bonchev–Trinajstić information content (AvgIpc) is 3.95. The van der Waals surface area contributed by atoms with Crippen molar-refractivity contribution in [2.24, 2.45) is 0 Å². The number of carbonyl (C=O) groups excluding carboxylic acids is 2. The van der Waals surface area contributed by atoms with Crippen LogP contribution in [0.3, 0.4) is 0 Å². The van der Waals surface area contributed by atoms with Crippen molar-refractivity contribution in [1.29, 1.82) is 0 Å². The first-order valence-electron chi connectivity index (χ1n) is 20.2. The van der Waals surface area contributed by atoms with Gasteiger partial charge in [0.2, 0.25) is 5.24 Å². The van der Waals surface area contributed by atoms with E-state index >= 15 is 0 Å². The summed E-state index contributed by atoms with van der Waals surface area (Å²) in [6.45, 7) is 8.93. The smallest absolute Gasteiger partial charge is 0.334 e. The Balaban J connectivity index is 0.000000140. The molecule has 0 saturated carbocycles. The Labute approximate surface area is 369 Å². The zero-order chi connectivity index (χ0) is 43.2. The first kappa shape index (κ1) is 44.7. The van der Waals surface area contributed by atoms with E-state index in [0.29, 0.717) is 11.1 Å². The van der Waals surface area contributed by atoms with Gasteiger partial charge in [0.25, 0.3) is 6.23 Å². The summed E-state index contributed by atoms with van der Waals surface area (Å²) in [5, 5.41) is 22.6. The van der Waals surface area contributed by atoms with E-state index in [1.807, 2.05) is 0 Å². The van der Waals surface area contributed by atoms with Crippen LogP contribution in [0, 0.1) is 0 Å². The van der Waals surface area contributed by atoms with E-state index in [1.165, 1.54) is 72.2 Å². The third-order valence-corrected chi connectivity index (χ3v) is 11.4. The molecule has 10 heteroatoms. The number of esters is 1. The maximum absolute atomic E-state index is 11.6. The van der Waals surface area contributed by atoms with Crippen LogP contribution in [-0.2, 0) is 20.9 Å². The summed E-state index contributed by atoms with van der Waals surface area (Å²) in [5.41, 5.74) is 9.87. The fraction of sp³-hybridized carbons (Fsp3) is 0.176. The zero-order valence-corrected chi connectivity index (χ0v) is 36.3. The van der Waals surface area contributed by atoms with Gasteiger partial charge < -0.3 is 24.5 Å². The maximum Gasteiger partial charge on any atom is 0.334 e. The normalized spacial score (nSPS) is 13.7. The zero-order valence-electron chi connectivity index (χ0n) is 33.9. The number of fused-ring (bicyclic) bond motifs is 11. The van der Waals surface area contributed by atoms with Crippen LogP contribution in [0.2, 0.25) is 0 Å². The minimum atomic E-state index is -0.509. The molecule has 312 valence electrons. The molecule has 10 rings (SSSR count). The maximum atomic E-state index is 11.6. The molecule has 8 aromatic rings. The molecular weight excluding hydrogens is 850 g/mol. The summed E-state index contributed by atoms with van der Waals surface area (Å²) in [6.07, 6.45) is 4.66. The Kier molecular flexibility index (Phi) is 15.9. The van der Waals surface area contributed by atoms with Crippen LogP contribution in [-0.4, -0.2) is 62.3 Å². The highest BCUT2D eigenvalue weighted by Crippen LogP contribution is 2.58. The van der Waals surface area contributed by atoms with Crippen molar-refractivity contribution in [3.63, 3.8) is 0 Å². The number of nitrogens with one attached hydrogen (secondary N) is 1. The van der Waals surface area contributed by atoms with Crippen molar-refractivity contribution >= 4 is 93.7 Å². The molecule has 1 spiro atoms. The average molecular weight is 900 g/mol. The van der Waals surface area contributed by atoms with E-state index in [-0.39, 0.29) is 18.8 Å². The van der Waals surface area contributed by atoms with E-state index in [1.54, 1.807) is 0 Å². The van der Waals surface area contributed by atoms with Gasteiger partial charge in [-0.2, -0.15) is 0 Å². The number of allylic oxidation sites excluding steroid dienone is 1. The van der Waals surface area contributed by atoms with Crippen LogP contribution in [0.15, 0.2) is 171 Å². The van der Waals surface area contributed by atoms with Gasteiger partial charge in [0, 0.05) is 98.0 Å². The van der Waals surface area contributed by atoms with Gasteiger partial charge in [0.1, 0.15) is 17.9 Å². The Bertz CT molecular complexity index is 2610. The number of hydrogen-bond acceptors (Lipinski definition) is 5. The highest BCUT2D eigenvalue weighted by molar-refractivity contribution is 9.09. The molecule has 0 amide bonds. The van der Waals surface area contributed by atoms with E-state index in [2.05, 4.69) is 184 Å². The van der Waals surface area contributed by atoms with Gasteiger partial charge in [0.05, 0.1) is 6.42 Å². The third kappa shape index (κ3) is 9.89. The first-order valence-corrected chi connectivity index (χ1v) is 21.7. The molecular formula is C51H50BrClN3O5+. The summed E-state index contributed by atoms with van der Waals surface area (Å²) in [7, 11) is 0. The summed E-state index contributed by atoms with van der Waals surface area (Å²) in [5.74, 6) is -0.348. The number of rotatable bonds is 8. The summed E-state index contributed by atoms with van der Waals surface area (Å²) < 4.78 is 8.53. The number of halogens is 2. The number of aliphatic hydroxyl groups excluding tert-OH is 2. The van der Waals surface area contributed by atoms with Crippen molar-refractivity contribution in [3.05, 3.63) is 171 Å². The number of nitrogens with zero attached hydrogens (tertiary/aromatic N) is 2. The number of hydrogen-bond donors (Lipinski definition) is 3. The molecule has 1 saturated heterocycles. The molecule has 2 aliphatic rings. The minimum absolute atomic E-state index is 0.153. The Morgan fingerprint density at radius 1 is 0.689 bits per heavy atom. The number of carbonyl (C=O) groups is 2. The standard InChI is InChI=1S/C18H16NO2.C15H15NO.C12H9N.C3H7BrO.C3H3ClO/c1-2-18(20)21-17-11-12-19(17)15-9-5-3-7-13(15)14-8-4-6-10-16(14)19;17-11-5-10-16-14-8-3-1-6-12(14)13-7-2-4-9-15(13)16;1-3-7-11-9(5-1)10-6-2-4-8-12(10)13-11;4-2-1-3-5;1-2-3(4)5/h2-10,17H,1,11-12H2;1-4,6-9,17H,5,10-11H2;1-8,13H;5H,1-3H2;2H,1H2/q+1;;;;. The van der Waals surface area contributed by atoms with Crippen LogP contribution >= 0.6 is 27.5 Å². The van der Waals surface area contributed by atoms with E-state index in [0.717, 1.165) is 43.8 Å². The number of H-pyrrole nitrogens is 1. The number of aryl methyl sites for hydroxylation is 1. The van der Waals surface area contributed by atoms with Crippen LogP contribution < -0.4 is 4.48 Å². The third-order valence-electron chi connectivity index (χ3n) is 10.7. The minimum Gasteiger partial charge on any atom is -0.408 e. The number of benzene rings is 6. The molecule has 3 N–H and O–H groups in total. The molecule has 0 aliphatic carbocycles. The fourth-order valence-electron chi connectivity index (χ4n) is 7.94. The predicted octanol–water partition coefficient (Wildman–Crippen LogP) is 12.0. The Morgan fingerprint density at radius 3 is 1.54 bits per heavy atom. The topological polar surface area (TPSA) is 105 Å². The lowest BCUT2D eigenvalue weighted by Crippen LogP contribution is -2.63. The van der Waals surface area contributed by atoms with Crippen molar-refractivity contribution in [2.45, 2.75) is 32.0 Å². The number of aliphatic hydroxyl groups is 2. The summed E-state index contributed by atoms with van der Waals surface area (Å²) in [6, 6.07) is 50.4. The predicted molar refractivity (Wildman–Crippen MR) is 256 cm³/mol. The lowest BCUT2D eigenvalue weighted by atomic mass is 10.0. The Morgan fingerprint density at radius 2 is 1.13 bits per heavy atom. The van der Waals surface area contributed by atoms with E-state index < -0.39 is 5.24 Å². The molecule has 1 unspecified atom stereocenters. The van der Waals surface area contributed by atoms with Crippen LogP contribution in [0.1, 0.15) is 19.3 Å². The van der Waals surface area contributed by atoms with Gasteiger partial charge in [-0.05, 0) is 66.9 Å². The van der Waals surface area contributed by atoms with Gasteiger partial charge in [-0.3, -0.25) is 4.79 Å². The summed E-state index contributed by atoms with van der Waals surface area (Å²) >= 11 is 7.85. The number of ether oxygens (including phenoxy) is 1. The molecule has 0 radical (unpaired) electrons. The quantitative estimate of drug-likeness (QED) is 0.0463. The monoisotopic (exact) mass is 898 g/mol. The second kappa shape index (κ2) is 21.6. The van der Waals surface area contributed by atoms with Crippen molar-refractivity contribution < 1.29 is 24.5 Å². The number of alkyl halides is 1. The molecule has 8 nitrogen and oxygen atoms in total. The highest BCUT2D eigenvalue weighted by atomic mass is 79.9. The SMILES string of the molecule is C=CC(=O)Cl.C=CC(=O)OC1CC[N+]12c1ccccc1-c1ccccc12.OCCCBr.OCCCn1c2ccccc2c2ccccc21.c1ccc2c(c1)[nH]c1ccccc12. The van der Waals surface area contributed by atoms with Gasteiger partial charge >= 0.3 is 5.97 Å². The second-order valence-corrected chi connectivity index (χ2v) is 15.4. The Hall–Kier alpha value is -5.81. The lowest BCUT2D eigenvalue weighted by molar-refractivity contribution is -0.158. The van der Waals surface area contributed by atoms with Gasteiger partial charge in [-0.25, -0.2) is 9.28 Å². The molecule has 6 aromatic carbocycles. The molecule has 0 bridgehead atoms. The van der Waals surface area contributed by atoms with Crippen LogP contribution in [0.25, 0.3) is 54.7 Å². The molecule has 2 aliphatic heterocycles. The van der Waals surface area contributed by atoms with Crippen molar-refractivity contribution in [2.75, 3.05) is 25.1 Å². The highest BCUT2D eigenvalue weighted by Gasteiger charge is 2.57. The van der Waals surface area contributed by atoms with Gasteiger partial charge in [-0.15, -0.1) is 0 Å². The largest absolute Gasteiger partial charge is 0.408 e. The van der Waals surface area contributed by atoms with Crippen molar-refractivity contribution in [3.8, 4) is 11.1 Å². The van der Waals surface area contributed by atoms with Gasteiger partial charge in [-0.1, -0.05) is 126 Å². The van der Waals surface area contributed by atoms with E-state index in [9.17, 15) is 9.59 Å². The molecule has 2 aromatic heterocycles. The molecule has 4 heterocycles. The van der Waals surface area contributed by atoms with Crippen LogP contribution in [0.4, 0.5) is 11.4 Å². The second-order valence-electron chi connectivity index (χ2n) is 14.3. The lowest BCUT2D eigenvalue weighted by Gasteiger charge is -2.47. The first-order chi connectivity index (χ1) is 29.8. The molecule has 61 heavy (non-hydrogen) atoms. The van der Waals surface area contributed by atoms with Gasteiger partial charge in [0.15, 0.2) is 0 Å². The number of para-hydroxylation sites is 6. The molecule has 1 atom stereocenters. The summed E-state index contributed by atoms with van der Waals surface area (Å²) in [4.78, 5) is 24.5. The number of aromatic amines is 1. The number of quaternary nitrogens is 1. The van der Waals surface area contributed by atoms with Crippen molar-refractivity contribution in [1.82, 2.24) is 14.0 Å². The fourth-order valence-corrected chi connectivity index (χ4v) is 8.19. The molecule has 1 fully saturated rings. The van der Waals surface area contributed by atoms with E-state index in [4.69, 9.17) is 26.6 Å². The van der Waals surface area contributed by atoms with Crippen LogP contribution in [0.5, 0.6) is 0 Å². The number of aromatic nitrogens is 2.